The van der Waals surface area contributed by atoms with Crippen LogP contribution in [0.5, 0.6) is 0 Å². The van der Waals surface area contributed by atoms with Gasteiger partial charge in [-0.2, -0.15) is 0 Å². The summed E-state index contributed by atoms with van der Waals surface area (Å²) in [7, 11) is 0. The standard InChI is InChI=1S/C18H19N3O3/c1-12-11-21(7-6-14(12)22)18-19-10-13(15-4-2-8-23-15)17(20-18)16-5-3-9-24-16/h2-5,8-10,12,14,22H,6-7,11H2,1H3/t12-,14-/m1/s1. The molecule has 0 spiro atoms. The van der Waals surface area contributed by atoms with Gasteiger partial charge in [-0.15, -0.1) is 0 Å². The lowest BCUT2D eigenvalue weighted by Gasteiger charge is -2.34. The van der Waals surface area contributed by atoms with Crippen molar-refractivity contribution in [1.29, 1.82) is 0 Å². The van der Waals surface area contributed by atoms with Gasteiger partial charge in [0.15, 0.2) is 5.76 Å². The lowest BCUT2D eigenvalue weighted by molar-refractivity contribution is 0.0966. The summed E-state index contributed by atoms with van der Waals surface area (Å²) in [5, 5.41) is 9.92. The molecular formula is C18H19N3O3. The van der Waals surface area contributed by atoms with E-state index >= 15 is 0 Å². The van der Waals surface area contributed by atoms with Crippen molar-refractivity contribution in [2.45, 2.75) is 19.4 Å². The van der Waals surface area contributed by atoms with E-state index in [1.165, 1.54) is 0 Å². The summed E-state index contributed by atoms with van der Waals surface area (Å²) < 4.78 is 11.1. The highest BCUT2D eigenvalue weighted by Gasteiger charge is 2.26. The summed E-state index contributed by atoms with van der Waals surface area (Å²) in [5.41, 5.74) is 1.50. The second-order valence-corrected chi connectivity index (χ2v) is 6.17. The van der Waals surface area contributed by atoms with Gasteiger partial charge in [-0.05, 0) is 36.6 Å². The highest BCUT2D eigenvalue weighted by Crippen LogP contribution is 2.32. The Morgan fingerprint density at radius 1 is 1.17 bits per heavy atom. The van der Waals surface area contributed by atoms with Crippen molar-refractivity contribution in [2.24, 2.45) is 5.92 Å². The third kappa shape index (κ3) is 2.69. The number of nitrogens with zero attached hydrogens (tertiary/aromatic N) is 3. The molecule has 124 valence electrons. The van der Waals surface area contributed by atoms with Crippen LogP contribution in [0, 0.1) is 5.92 Å². The molecule has 0 radical (unpaired) electrons. The minimum Gasteiger partial charge on any atom is -0.464 e. The summed E-state index contributed by atoms with van der Waals surface area (Å²) >= 11 is 0. The number of aliphatic hydroxyl groups excluding tert-OH is 1. The molecule has 1 aliphatic rings. The van der Waals surface area contributed by atoms with E-state index in [4.69, 9.17) is 13.8 Å². The molecule has 4 rings (SSSR count). The van der Waals surface area contributed by atoms with Gasteiger partial charge < -0.3 is 18.8 Å². The Labute approximate surface area is 139 Å². The third-order valence-corrected chi connectivity index (χ3v) is 4.46. The Bertz CT molecular complexity index is 799. The quantitative estimate of drug-likeness (QED) is 0.797. The van der Waals surface area contributed by atoms with Crippen LogP contribution >= 0.6 is 0 Å². The molecule has 6 heteroatoms. The van der Waals surface area contributed by atoms with Gasteiger partial charge in [0, 0.05) is 19.3 Å². The van der Waals surface area contributed by atoms with E-state index in [2.05, 4.69) is 9.88 Å². The van der Waals surface area contributed by atoms with Gasteiger partial charge in [0.05, 0.1) is 24.2 Å². The van der Waals surface area contributed by atoms with Gasteiger partial charge in [-0.3, -0.25) is 0 Å². The van der Waals surface area contributed by atoms with Crippen molar-refractivity contribution in [3.05, 3.63) is 43.0 Å². The molecule has 24 heavy (non-hydrogen) atoms. The number of rotatable bonds is 3. The van der Waals surface area contributed by atoms with E-state index in [-0.39, 0.29) is 12.0 Å². The molecule has 0 saturated carbocycles. The lowest BCUT2D eigenvalue weighted by atomic mass is 9.97. The molecule has 0 aliphatic carbocycles. The summed E-state index contributed by atoms with van der Waals surface area (Å²) in [5.74, 6) is 2.22. The zero-order valence-electron chi connectivity index (χ0n) is 13.4. The molecule has 0 amide bonds. The molecule has 1 N–H and O–H groups in total. The maximum Gasteiger partial charge on any atom is 0.226 e. The zero-order valence-corrected chi connectivity index (χ0v) is 13.4. The predicted octanol–water partition coefficient (Wildman–Crippen LogP) is 3.20. The van der Waals surface area contributed by atoms with Crippen molar-refractivity contribution in [3.8, 4) is 22.8 Å². The number of aromatic nitrogens is 2. The lowest BCUT2D eigenvalue weighted by Crippen LogP contribution is -2.42. The number of furan rings is 2. The first-order chi connectivity index (χ1) is 11.7. The van der Waals surface area contributed by atoms with Crippen LogP contribution in [0.4, 0.5) is 5.95 Å². The molecule has 0 unspecified atom stereocenters. The number of piperidine rings is 1. The predicted molar refractivity (Wildman–Crippen MR) is 89.4 cm³/mol. The van der Waals surface area contributed by atoms with Crippen molar-refractivity contribution < 1.29 is 13.9 Å². The fraction of sp³-hybridized carbons (Fsp3) is 0.333. The van der Waals surface area contributed by atoms with Gasteiger partial charge >= 0.3 is 0 Å². The first kappa shape index (κ1) is 15.0. The minimum absolute atomic E-state index is 0.194. The Morgan fingerprint density at radius 3 is 2.58 bits per heavy atom. The normalized spacial score (nSPS) is 21.2. The zero-order chi connectivity index (χ0) is 16.5. The fourth-order valence-corrected chi connectivity index (χ4v) is 3.05. The van der Waals surface area contributed by atoms with Crippen LogP contribution in [0.2, 0.25) is 0 Å². The summed E-state index contributed by atoms with van der Waals surface area (Å²) in [6.45, 7) is 3.52. The fourth-order valence-electron chi connectivity index (χ4n) is 3.05. The van der Waals surface area contributed by atoms with Crippen LogP contribution in [0.25, 0.3) is 22.8 Å². The second kappa shape index (κ2) is 6.13. The number of hydrogen-bond acceptors (Lipinski definition) is 6. The Kier molecular flexibility index (Phi) is 3.82. The van der Waals surface area contributed by atoms with Crippen LogP contribution < -0.4 is 4.90 Å². The Morgan fingerprint density at radius 2 is 1.92 bits per heavy atom. The summed E-state index contributed by atoms with van der Waals surface area (Å²) in [6.07, 6.45) is 5.49. The summed E-state index contributed by atoms with van der Waals surface area (Å²) in [6, 6.07) is 7.43. The second-order valence-electron chi connectivity index (χ2n) is 6.17. The number of anilines is 1. The van der Waals surface area contributed by atoms with Crippen molar-refractivity contribution in [1.82, 2.24) is 9.97 Å². The van der Waals surface area contributed by atoms with E-state index in [1.54, 1.807) is 18.7 Å². The first-order valence-corrected chi connectivity index (χ1v) is 8.10. The van der Waals surface area contributed by atoms with Crippen molar-refractivity contribution in [2.75, 3.05) is 18.0 Å². The van der Waals surface area contributed by atoms with Crippen LogP contribution in [-0.2, 0) is 0 Å². The van der Waals surface area contributed by atoms with Crippen molar-refractivity contribution >= 4 is 5.95 Å². The van der Waals surface area contributed by atoms with Gasteiger partial charge in [-0.1, -0.05) is 6.92 Å². The van der Waals surface area contributed by atoms with E-state index in [9.17, 15) is 5.11 Å². The molecule has 6 nitrogen and oxygen atoms in total. The molecule has 0 bridgehead atoms. The Balaban J connectivity index is 1.74. The molecule has 3 aromatic heterocycles. The average Bonchev–Trinajstić information content (AvgIpc) is 3.30. The topological polar surface area (TPSA) is 75.5 Å². The van der Waals surface area contributed by atoms with Gasteiger partial charge in [0.1, 0.15) is 11.5 Å². The average molecular weight is 325 g/mol. The minimum atomic E-state index is -0.256. The first-order valence-electron chi connectivity index (χ1n) is 8.10. The van der Waals surface area contributed by atoms with Gasteiger partial charge in [0.2, 0.25) is 5.95 Å². The molecule has 4 heterocycles. The number of aliphatic hydroxyl groups is 1. The molecule has 0 aromatic carbocycles. The Hall–Kier alpha value is -2.60. The van der Waals surface area contributed by atoms with Crippen molar-refractivity contribution in [3.63, 3.8) is 0 Å². The van der Waals surface area contributed by atoms with Crippen LogP contribution in [0.1, 0.15) is 13.3 Å². The van der Waals surface area contributed by atoms with E-state index in [0.29, 0.717) is 23.2 Å². The van der Waals surface area contributed by atoms with E-state index < -0.39 is 0 Å². The highest BCUT2D eigenvalue weighted by molar-refractivity contribution is 5.75. The molecule has 1 fully saturated rings. The van der Waals surface area contributed by atoms with Gasteiger partial charge in [0.25, 0.3) is 0 Å². The van der Waals surface area contributed by atoms with E-state index in [1.807, 2.05) is 31.2 Å². The molecule has 2 atom stereocenters. The molecular weight excluding hydrogens is 306 g/mol. The monoisotopic (exact) mass is 325 g/mol. The number of hydrogen-bond donors (Lipinski definition) is 1. The molecule has 1 aliphatic heterocycles. The summed E-state index contributed by atoms with van der Waals surface area (Å²) in [4.78, 5) is 11.4. The van der Waals surface area contributed by atoms with Gasteiger partial charge in [-0.25, -0.2) is 9.97 Å². The maximum absolute atomic E-state index is 9.92. The smallest absolute Gasteiger partial charge is 0.226 e. The maximum atomic E-state index is 9.92. The van der Waals surface area contributed by atoms with E-state index in [0.717, 1.165) is 25.1 Å². The van der Waals surface area contributed by atoms with Crippen LogP contribution in [-0.4, -0.2) is 34.3 Å². The molecule has 3 aromatic rings. The van der Waals surface area contributed by atoms with Crippen LogP contribution in [0.3, 0.4) is 0 Å². The highest BCUT2D eigenvalue weighted by atomic mass is 16.3. The SMILES string of the molecule is C[C@@H]1CN(c2ncc(-c3ccco3)c(-c3ccco3)n2)CC[C@H]1O. The van der Waals surface area contributed by atoms with Crippen LogP contribution in [0.15, 0.2) is 51.8 Å². The third-order valence-electron chi connectivity index (χ3n) is 4.46. The molecule has 1 saturated heterocycles. The largest absolute Gasteiger partial charge is 0.464 e.